The van der Waals surface area contributed by atoms with Crippen LogP contribution in [0.15, 0.2) is 42.5 Å². The van der Waals surface area contributed by atoms with Crippen LogP contribution in [-0.2, 0) is 11.0 Å². The standard InChI is InChI=1S/C17H15ClF3NO3/c1-2-24-12-4-3-5-13(9-12)25-10-16(23)22-15-7-6-11(18)8-14(15)17(19,20)21/h3-9H,2,10H2,1H3,(H,22,23). The van der Waals surface area contributed by atoms with E-state index in [1.807, 2.05) is 6.92 Å². The summed E-state index contributed by atoms with van der Waals surface area (Å²) < 4.78 is 49.5. The first-order valence-corrected chi connectivity index (χ1v) is 7.69. The number of hydrogen-bond acceptors (Lipinski definition) is 3. The van der Waals surface area contributed by atoms with Crippen LogP contribution >= 0.6 is 11.6 Å². The summed E-state index contributed by atoms with van der Waals surface area (Å²) in [4.78, 5) is 11.9. The predicted octanol–water partition coefficient (Wildman–Crippen LogP) is 4.78. The Morgan fingerprint density at radius 3 is 2.44 bits per heavy atom. The number of halogens is 4. The number of anilines is 1. The zero-order chi connectivity index (χ0) is 18.4. The van der Waals surface area contributed by atoms with Gasteiger partial charge in [-0.25, -0.2) is 0 Å². The van der Waals surface area contributed by atoms with Crippen LogP contribution in [0.5, 0.6) is 11.5 Å². The largest absolute Gasteiger partial charge is 0.494 e. The molecule has 0 bridgehead atoms. The Balaban J connectivity index is 2.03. The summed E-state index contributed by atoms with van der Waals surface area (Å²) in [5.41, 5.74) is -1.40. The first-order chi connectivity index (χ1) is 11.8. The monoisotopic (exact) mass is 373 g/mol. The van der Waals surface area contributed by atoms with Crippen molar-refractivity contribution in [2.24, 2.45) is 0 Å². The molecule has 0 saturated carbocycles. The third-order valence-corrected chi connectivity index (χ3v) is 3.28. The summed E-state index contributed by atoms with van der Waals surface area (Å²) in [6, 6.07) is 9.71. The van der Waals surface area contributed by atoms with E-state index >= 15 is 0 Å². The number of hydrogen-bond donors (Lipinski definition) is 1. The van der Waals surface area contributed by atoms with Crippen LogP contribution in [0.3, 0.4) is 0 Å². The second kappa shape index (κ2) is 8.11. The number of carbonyl (C=O) groups is 1. The van der Waals surface area contributed by atoms with E-state index in [1.54, 1.807) is 24.3 Å². The fourth-order valence-corrected chi connectivity index (χ4v) is 2.19. The van der Waals surface area contributed by atoms with E-state index in [4.69, 9.17) is 21.1 Å². The number of carbonyl (C=O) groups excluding carboxylic acids is 1. The van der Waals surface area contributed by atoms with Gasteiger partial charge < -0.3 is 14.8 Å². The smallest absolute Gasteiger partial charge is 0.418 e. The molecule has 0 atom stereocenters. The zero-order valence-electron chi connectivity index (χ0n) is 13.2. The van der Waals surface area contributed by atoms with Gasteiger partial charge in [0.2, 0.25) is 0 Å². The highest BCUT2D eigenvalue weighted by molar-refractivity contribution is 6.30. The molecule has 2 aromatic carbocycles. The molecule has 8 heteroatoms. The van der Waals surface area contributed by atoms with Crippen LogP contribution in [0.4, 0.5) is 18.9 Å². The van der Waals surface area contributed by atoms with Gasteiger partial charge in [0.05, 0.1) is 17.9 Å². The van der Waals surface area contributed by atoms with Gasteiger partial charge in [-0.2, -0.15) is 13.2 Å². The normalized spacial score (nSPS) is 11.1. The summed E-state index contributed by atoms with van der Waals surface area (Å²) in [7, 11) is 0. The molecule has 0 fully saturated rings. The first kappa shape index (κ1) is 18.9. The molecule has 0 heterocycles. The van der Waals surface area contributed by atoms with Crippen LogP contribution in [0.1, 0.15) is 12.5 Å². The van der Waals surface area contributed by atoms with E-state index in [0.29, 0.717) is 18.1 Å². The molecule has 134 valence electrons. The van der Waals surface area contributed by atoms with E-state index < -0.39 is 24.3 Å². The number of alkyl halides is 3. The van der Waals surface area contributed by atoms with Gasteiger partial charge in [0.1, 0.15) is 11.5 Å². The predicted molar refractivity (Wildman–Crippen MR) is 88.2 cm³/mol. The van der Waals surface area contributed by atoms with Crippen molar-refractivity contribution in [2.75, 3.05) is 18.5 Å². The molecule has 0 spiro atoms. The van der Waals surface area contributed by atoms with Gasteiger partial charge in [-0.05, 0) is 37.3 Å². The van der Waals surface area contributed by atoms with Crippen molar-refractivity contribution in [1.82, 2.24) is 0 Å². The molecular weight excluding hydrogens is 359 g/mol. The molecule has 0 aliphatic heterocycles. The minimum Gasteiger partial charge on any atom is -0.494 e. The van der Waals surface area contributed by atoms with Crippen molar-refractivity contribution in [1.29, 1.82) is 0 Å². The van der Waals surface area contributed by atoms with Gasteiger partial charge in [-0.1, -0.05) is 17.7 Å². The van der Waals surface area contributed by atoms with E-state index in [1.165, 1.54) is 6.07 Å². The van der Waals surface area contributed by atoms with Crippen LogP contribution in [0.2, 0.25) is 5.02 Å². The van der Waals surface area contributed by atoms with Gasteiger partial charge in [-0.3, -0.25) is 4.79 Å². The average Bonchev–Trinajstić information content (AvgIpc) is 2.54. The van der Waals surface area contributed by atoms with Crippen LogP contribution in [0, 0.1) is 0 Å². The van der Waals surface area contributed by atoms with Crippen LogP contribution < -0.4 is 14.8 Å². The van der Waals surface area contributed by atoms with Crippen LogP contribution in [0.25, 0.3) is 0 Å². The maximum absolute atomic E-state index is 13.0. The molecule has 1 N–H and O–H groups in total. The van der Waals surface area contributed by atoms with Crippen molar-refractivity contribution >= 4 is 23.2 Å². The van der Waals surface area contributed by atoms with Crippen LogP contribution in [-0.4, -0.2) is 19.1 Å². The second-order valence-electron chi connectivity index (χ2n) is 4.93. The lowest BCUT2D eigenvalue weighted by Crippen LogP contribution is -2.22. The molecule has 0 aromatic heterocycles. The molecule has 0 aliphatic rings. The first-order valence-electron chi connectivity index (χ1n) is 7.32. The Bertz CT molecular complexity index is 750. The second-order valence-corrected chi connectivity index (χ2v) is 5.37. The Kier molecular flexibility index (Phi) is 6.14. The number of nitrogens with one attached hydrogen (secondary N) is 1. The van der Waals surface area contributed by atoms with E-state index in [2.05, 4.69) is 5.32 Å². The summed E-state index contributed by atoms with van der Waals surface area (Å²) in [5.74, 6) is 0.209. The minimum absolute atomic E-state index is 0.0747. The summed E-state index contributed by atoms with van der Waals surface area (Å²) in [6.07, 6.45) is -4.64. The summed E-state index contributed by atoms with van der Waals surface area (Å²) in [6.45, 7) is 1.85. The van der Waals surface area contributed by atoms with Crippen molar-refractivity contribution in [3.05, 3.63) is 53.1 Å². The van der Waals surface area contributed by atoms with Gasteiger partial charge in [0.25, 0.3) is 5.91 Å². The molecule has 2 rings (SSSR count). The zero-order valence-corrected chi connectivity index (χ0v) is 13.9. The number of benzene rings is 2. The van der Waals surface area contributed by atoms with E-state index in [9.17, 15) is 18.0 Å². The molecular formula is C17H15ClF3NO3. The van der Waals surface area contributed by atoms with Gasteiger partial charge in [-0.15, -0.1) is 0 Å². The lowest BCUT2D eigenvalue weighted by Gasteiger charge is -2.14. The molecule has 0 unspecified atom stereocenters. The Morgan fingerprint density at radius 2 is 1.80 bits per heavy atom. The highest BCUT2D eigenvalue weighted by Gasteiger charge is 2.34. The number of ether oxygens (including phenoxy) is 2. The fourth-order valence-electron chi connectivity index (χ4n) is 2.02. The SMILES string of the molecule is CCOc1cccc(OCC(=O)Nc2ccc(Cl)cc2C(F)(F)F)c1. The molecule has 0 radical (unpaired) electrons. The summed E-state index contributed by atoms with van der Waals surface area (Å²) in [5, 5.41) is 2.11. The third-order valence-electron chi connectivity index (χ3n) is 3.05. The fraction of sp³-hybridized carbons (Fsp3) is 0.235. The number of amides is 1. The van der Waals surface area contributed by atoms with Crippen molar-refractivity contribution in [3.63, 3.8) is 0 Å². The third kappa shape index (κ3) is 5.56. The van der Waals surface area contributed by atoms with Gasteiger partial charge in [0, 0.05) is 11.1 Å². The molecule has 4 nitrogen and oxygen atoms in total. The van der Waals surface area contributed by atoms with Crippen molar-refractivity contribution in [2.45, 2.75) is 13.1 Å². The Hall–Kier alpha value is -2.41. The van der Waals surface area contributed by atoms with Gasteiger partial charge >= 0.3 is 6.18 Å². The van der Waals surface area contributed by atoms with Crippen molar-refractivity contribution in [3.8, 4) is 11.5 Å². The lowest BCUT2D eigenvalue weighted by atomic mass is 10.1. The van der Waals surface area contributed by atoms with Crippen molar-refractivity contribution < 1.29 is 27.4 Å². The quantitative estimate of drug-likeness (QED) is 0.793. The Morgan fingerprint density at radius 1 is 1.12 bits per heavy atom. The topological polar surface area (TPSA) is 47.6 Å². The highest BCUT2D eigenvalue weighted by atomic mass is 35.5. The highest BCUT2D eigenvalue weighted by Crippen LogP contribution is 2.36. The molecule has 0 saturated heterocycles. The maximum Gasteiger partial charge on any atom is 0.418 e. The van der Waals surface area contributed by atoms with Gasteiger partial charge in [0.15, 0.2) is 6.61 Å². The number of rotatable bonds is 6. The minimum atomic E-state index is -4.64. The maximum atomic E-state index is 13.0. The molecule has 0 aliphatic carbocycles. The summed E-state index contributed by atoms with van der Waals surface area (Å²) >= 11 is 5.59. The van der Waals surface area contributed by atoms with E-state index in [0.717, 1.165) is 12.1 Å². The molecule has 2 aromatic rings. The average molecular weight is 374 g/mol. The van der Waals surface area contributed by atoms with E-state index in [-0.39, 0.29) is 10.7 Å². The Labute approximate surface area is 147 Å². The molecule has 1 amide bonds. The lowest BCUT2D eigenvalue weighted by molar-refractivity contribution is -0.137. The molecule has 25 heavy (non-hydrogen) atoms.